The molecule has 0 heterocycles. The van der Waals surface area contributed by atoms with Crippen LogP contribution >= 0.6 is 0 Å². The van der Waals surface area contributed by atoms with E-state index < -0.39 is 11.5 Å². The second kappa shape index (κ2) is 8.74. The van der Waals surface area contributed by atoms with Crippen molar-refractivity contribution in [3.63, 3.8) is 0 Å². The van der Waals surface area contributed by atoms with Gasteiger partial charge in [-0.2, -0.15) is 0 Å². The molecule has 4 nitrogen and oxygen atoms in total. The van der Waals surface area contributed by atoms with Gasteiger partial charge in [-0.3, -0.25) is 10.1 Å². The van der Waals surface area contributed by atoms with Gasteiger partial charge in [0.25, 0.3) is 0 Å². The molecular formula is C17H34N2O2. The lowest BCUT2D eigenvalue weighted by Crippen LogP contribution is -2.51. The Morgan fingerprint density at radius 1 is 1.33 bits per heavy atom. The summed E-state index contributed by atoms with van der Waals surface area (Å²) in [5, 5.41) is 12.8. The molecule has 0 bridgehead atoms. The van der Waals surface area contributed by atoms with Crippen LogP contribution in [0, 0.1) is 0 Å². The number of aliphatic carboxylic acids is 1. The molecule has 1 fully saturated rings. The van der Waals surface area contributed by atoms with Gasteiger partial charge in [-0.05, 0) is 65.5 Å². The first-order valence-electron chi connectivity index (χ1n) is 8.68. The largest absolute Gasteiger partial charge is 0.480 e. The van der Waals surface area contributed by atoms with E-state index in [0.717, 1.165) is 38.8 Å². The Morgan fingerprint density at radius 2 is 1.95 bits per heavy atom. The van der Waals surface area contributed by atoms with E-state index in [1.165, 1.54) is 12.8 Å². The van der Waals surface area contributed by atoms with Gasteiger partial charge in [0, 0.05) is 12.1 Å². The number of unbranched alkanes of at least 4 members (excludes halogenated alkanes) is 1. The van der Waals surface area contributed by atoms with Crippen molar-refractivity contribution in [2.75, 3.05) is 13.1 Å². The van der Waals surface area contributed by atoms with Gasteiger partial charge in [0.1, 0.15) is 5.54 Å². The number of hydrogen-bond donors (Lipinski definition) is 2. The molecule has 2 N–H and O–H groups in total. The molecule has 1 aliphatic carbocycles. The van der Waals surface area contributed by atoms with Gasteiger partial charge in [-0.15, -0.1) is 0 Å². The van der Waals surface area contributed by atoms with Crippen LogP contribution in [0.1, 0.15) is 72.6 Å². The van der Waals surface area contributed by atoms with Crippen LogP contribution in [0.3, 0.4) is 0 Å². The van der Waals surface area contributed by atoms with Crippen LogP contribution in [0.2, 0.25) is 0 Å². The van der Waals surface area contributed by atoms with Gasteiger partial charge in [-0.1, -0.05) is 20.3 Å². The molecule has 0 radical (unpaired) electrons. The third-order valence-electron chi connectivity index (χ3n) is 4.71. The summed E-state index contributed by atoms with van der Waals surface area (Å²) in [6.45, 7) is 10.7. The van der Waals surface area contributed by atoms with Gasteiger partial charge in [0.15, 0.2) is 0 Å². The van der Waals surface area contributed by atoms with Gasteiger partial charge in [-0.25, -0.2) is 0 Å². The predicted molar refractivity (Wildman–Crippen MR) is 87.7 cm³/mol. The molecule has 0 aliphatic heterocycles. The summed E-state index contributed by atoms with van der Waals surface area (Å²) in [5.41, 5.74) is -0.757. The Hall–Kier alpha value is -0.610. The number of carboxylic acids is 1. The van der Waals surface area contributed by atoms with Crippen molar-refractivity contribution in [1.29, 1.82) is 0 Å². The highest BCUT2D eigenvalue weighted by atomic mass is 16.4. The molecule has 2 atom stereocenters. The van der Waals surface area contributed by atoms with Gasteiger partial charge in [0.2, 0.25) is 0 Å². The number of carboxylic acid groups (broad SMARTS) is 1. The smallest absolute Gasteiger partial charge is 0.323 e. The summed E-state index contributed by atoms with van der Waals surface area (Å²) >= 11 is 0. The van der Waals surface area contributed by atoms with Crippen molar-refractivity contribution < 1.29 is 9.90 Å². The zero-order chi connectivity index (χ0) is 15.9. The first-order valence-corrected chi connectivity index (χ1v) is 8.68. The minimum atomic E-state index is -0.757. The summed E-state index contributed by atoms with van der Waals surface area (Å²) < 4.78 is 0. The average molecular weight is 298 g/mol. The van der Waals surface area contributed by atoms with Crippen LogP contribution < -0.4 is 5.32 Å². The van der Waals surface area contributed by atoms with Gasteiger partial charge in [0.05, 0.1) is 0 Å². The van der Waals surface area contributed by atoms with Crippen LogP contribution in [0.15, 0.2) is 0 Å². The molecule has 21 heavy (non-hydrogen) atoms. The van der Waals surface area contributed by atoms with Crippen molar-refractivity contribution in [2.24, 2.45) is 0 Å². The lowest BCUT2D eigenvalue weighted by molar-refractivity contribution is -0.144. The molecule has 0 aromatic heterocycles. The highest BCUT2D eigenvalue weighted by molar-refractivity contribution is 5.78. The summed E-state index contributed by atoms with van der Waals surface area (Å²) in [4.78, 5) is 14.1. The molecule has 0 spiro atoms. The van der Waals surface area contributed by atoms with Crippen LogP contribution in [0.25, 0.3) is 0 Å². The Kier molecular flexibility index (Phi) is 7.67. The SMILES string of the molecule is CCCCN(CCCC(C)(NC1CC1)C(=O)O)C(C)CC. The Bertz CT molecular complexity index is 318. The maximum absolute atomic E-state index is 11.5. The summed E-state index contributed by atoms with van der Waals surface area (Å²) in [6.07, 6.45) is 7.48. The maximum Gasteiger partial charge on any atom is 0.323 e. The number of carbonyl (C=O) groups is 1. The molecule has 0 saturated heterocycles. The van der Waals surface area contributed by atoms with Crippen LogP contribution in [-0.2, 0) is 4.79 Å². The van der Waals surface area contributed by atoms with Gasteiger partial charge < -0.3 is 10.0 Å². The highest BCUT2D eigenvalue weighted by Crippen LogP contribution is 2.25. The first kappa shape index (κ1) is 18.4. The van der Waals surface area contributed by atoms with Crippen LogP contribution in [-0.4, -0.2) is 46.7 Å². The monoisotopic (exact) mass is 298 g/mol. The molecule has 2 unspecified atom stereocenters. The Labute approximate surface area is 130 Å². The number of rotatable bonds is 12. The molecule has 0 amide bonds. The molecule has 1 aliphatic rings. The summed E-state index contributed by atoms with van der Waals surface area (Å²) in [7, 11) is 0. The van der Waals surface area contributed by atoms with E-state index in [2.05, 4.69) is 31.0 Å². The molecule has 0 aromatic rings. The van der Waals surface area contributed by atoms with Gasteiger partial charge >= 0.3 is 5.97 Å². The molecule has 124 valence electrons. The molecule has 1 rings (SSSR count). The lowest BCUT2D eigenvalue weighted by atomic mass is 9.95. The van der Waals surface area contributed by atoms with E-state index in [0.29, 0.717) is 18.5 Å². The fourth-order valence-corrected chi connectivity index (χ4v) is 2.73. The van der Waals surface area contributed by atoms with E-state index in [-0.39, 0.29) is 0 Å². The second-order valence-electron chi connectivity index (χ2n) is 6.81. The van der Waals surface area contributed by atoms with Crippen molar-refractivity contribution in [1.82, 2.24) is 10.2 Å². The van der Waals surface area contributed by atoms with Crippen LogP contribution in [0.4, 0.5) is 0 Å². The zero-order valence-electron chi connectivity index (χ0n) is 14.3. The first-order chi connectivity index (χ1) is 9.92. The summed E-state index contributed by atoms with van der Waals surface area (Å²) in [6, 6.07) is 1.01. The number of hydrogen-bond acceptors (Lipinski definition) is 3. The standard InChI is InChI=1S/C17H34N2O2/c1-5-7-12-19(14(3)6-2)13-8-11-17(4,16(20)21)18-15-9-10-15/h14-15,18H,5-13H2,1-4H3,(H,20,21). The second-order valence-corrected chi connectivity index (χ2v) is 6.81. The van der Waals surface area contributed by atoms with E-state index in [4.69, 9.17) is 0 Å². The average Bonchev–Trinajstić information content (AvgIpc) is 3.25. The maximum atomic E-state index is 11.5. The minimum Gasteiger partial charge on any atom is -0.480 e. The zero-order valence-corrected chi connectivity index (χ0v) is 14.3. The normalized spacial score (nSPS) is 19.5. The third-order valence-corrected chi connectivity index (χ3v) is 4.71. The summed E-state index contributed by atoms with van der Waals surface area (Å²) in [5.74, 6) is -0.710. The topological polar surface area (TPSA) is 52.6 Å². The van der Waals surface area contributed by atoms with Crippen LogP contribution in [0.5, 0.6) is 0 Å². The fraction of sp³-hybridized carbons (Fsp3) is 0.941. The minimum absolute atomic E-state index is 0.428. The fourth-order valence-electron chi connectivity index (χ4n) is 2.73. The Balaban J connectivity index is 2.43. The van der Waals surface area contributed by atoms with E-state index >= 15 is 0 Å². The van der Waals surface area contributed by atoms with E-state index in [1.807, 2.05) is 6.92 Å². The predicted octanol–water partition coefficient (Wildman–Crippen LogP) is 3.26. The lowest BCUT2D eigenvalue weighted by Gasteiger charge is -2.31. The molecule has 0 aromatic carbocycles. The van der Waals surface area contributed by atoms with Crippen molar-refractivity contribution >= 4 is 5.97 Å². The van der Waals surface area contributed by atoms with Crippen molar-refractivity contribution in [3.05, 3.63) is 0 Å². The third kappa shape index (κ3) is 6.35. The molecule has 1 saturated carbocycles. The molecular weight excluding hydrogens is 264 g/mol. The Morgan fingerprint density at radius 3 is 2.43 bits per heavy atom. The van der Waals surface area contributed by atoms with E-state index in [9.17, 15) is 9.90 Å². The van der Waals surface area contributed by atoms with E-state index in [1.54, 1.807) is 0 Å². The molecule has 4 heteroatoms. The highest BCUT2D eigenvalue weighted by Gasteiger charge is 2.38. The number of nitrogens with zero attached hydrogens (tertiary/aromatic N) is 1. The quantitative estimate of drug-likeness (QED) is 0.580. The van der Waals surface area contributed by atoms with Crippen molar-refractivity contribution in [3.8, 4) is 0 Å². The van der Waals surface area contributed by atoms with Crippen molar-refractivity contribution in [2.45, 2.75) is 90.3 Å². The number of nitrogens with one attached hydrogen (secondary N) is 1.